The van der Waals surface area contributed by atoms with E-state index in [1.807, 2.05) is 32.0 Å². The van der Waals surface area contributed by atoms with E-state index in [0.717, 1.165) is 38.8 Å². The lowest BCUT2D eigenvalue weighted by atomic mass is 10.0. The van der Waals surface area contributed by atoms with Crippen molar-refractivity contribution < 1.29 is 9.21 Å². The molecule has 0 aliphatic carbocycles. The zero-order valence-electron chi connectivity index (χ0n) is 16.1. The van der Waals surface area contributed by atoms with Crippen molar-refractivity contribution in [2.45, 2.75) is 40.7 Å². The minimum absolute atomic E-state index is 0.0443. The molecule has 4 aromatic rings. The molecule has 0 fully saturated rings. The monoisotopic (exact) mass is 361 g/mol. The van der Waals surface area contributed by atoms with Gasteiger partial charge in [0.25, 0.3) is 0 Å². The Morgan fingerprint density at radius 2 is 1.96 bits per heavy atom. The molecule has 138 valence electrons. The molecule has 2 heterocycles. The Kier molecular flexibility index (Phi) is 4.22. The molecular weight excluding hydrogens is 338 g/mol. The number of benzene rings is 2. The van der Waals surface area contributed by atoms with E-state index in [0.29, 0.717) is 12.3 Å². The van der Waals surface area contributed by atoms with Crippen LogP contribution in [0.1, 0.15) is 33.8 Å². The summed E-state index contributed by atoms with van der Waals surface area (Å²) in [6, 6.07) is 10.1. The summed E-state index contributed by atoms with van der Waals surface area (Å²) in [7, 11) is 0. The highest BCUT2D eigenvalue weighted by Crippen LogP contribution is 2.26. The number of rotatable bonds is 4. The lowest BCUT2D eigenvalue weighted by Crippen LogP contribution is -2.24. The van der Waals surface area contributed by atoms with Gasteiger partial charge in [-0.2, -0.15) is 0 Å². The summed E-state index contributed by atoms with van der Waals surface area (Å²) in [5.74, 6) is 0.479. The van der Waals surface area contributed by atoms with Crippen LogP contribution in [-0.4, -0.2) is 15.9 Å². The van der Waals surface area contributed by atoms with E-state index >= 15 is 0 Å². The number of amides is 1. The molecule has 0 atom stereocenters. The maximum absolute atomic E-state index is 12.5. The molecule has 27 heavy (non-hydrogen) atoms. The zero-order valence-corrected chi connectivity index (χ0v) is 16.1. The molecule has 0 saturated carbocycles. The summed E-state index contributed by atoms with van der Waals surface area (Å²) >= 11 is 0. The summed E-state index contributed by atoms with van der Waals surface area (Å²) in [6.45, 7) is 8.46. The zero-order chi connectivity index (χ0) is 19.1. The third kappa shape index (κ3) is 3.21. The van der Waals surface area contributed by atoms with Gasteiger partial charge in [0.2, 0.25) is 11.8 Å². The highest BCUT2D eigenvalue weighted by atomic mass is 16.3. The molecule has 2 aromatic heterocycles. The van der Waals surface area contributed by atoms with E-state index in [2.05, 4.69) is 41.3 Å². The fourth-order valence-corrected chi connectivity index (χ4v) is 3.67. The van der Waals surface area contributed by atoms with Crippen LogP contribution in [0.2, 0.25) is 0 Å². The summed E-state index contributed by atoms with van der Waals surface area (Å²) in [6.07, 6.45) is 0.327. The normalized spacial score (nSPS) is 11.4. The smallest absolute Gasteiger partial charge is 0.224 e. The van der Waals surface area contributed by atoms with E-state index in [1.165, 1.54) is 11.1 Å². The van der Waals surface area contributed by atoms with Crippen molar-refractivity contribution in [3.8, 4) is 0 Å². The molecule has 0 aliphatic rings. The van der Waals surface area contributed by atoms with E-state index in [1.54, 1.807) is 0 Å². The van der Waals surface area contributed by atoms with Crippen LogP contribution < -0.4 is 5.32 Å². The molecule has 2 N–H and O–H groups in total. The quantitative estimate of drug-likeness (QED) is 0.566. The van der Waals surface area contributed by atoms with Gasteiger partial charge in [-0.1, -0.05) is 23.8 Å². The van der Waals surface area contributed by atoms with Gasteiger partial charge in [-0.15, -0.1) is 0 Å². The number of aromatic nitrogens is 2. The molecule has 5 heteroatoms. The van der Waals surface area contributed by atoms with Crippen LogP contribution in [-0.2, 0) is 17.8 Å². The molecule has 1 amide bonds. The van der Waals surface area contributed by atoms with Gasteiger partial charge in [-0.25, -0.2) is 4.98 Å². The largest absolute Gasteiger partial charge is 0.439 e. The molecule has 2 aromatic carbocycles. The maximum atomic E-state index is 12.5. The van der Waals surface area contributed by atoms with Gasteiger partial charge in [0.05, 0.1) is 13.0 Å². The van der Waals surface area contributed by atoms with Gasteiger partial charge in [0, 0.05) is 16.6 Å². The molecule has 0 radical (unpaired) electrons. The Morgan fingerprint density at radius 1 is 1.15 bits per heavy atom. The predicted octanol–water partition coefficient (Wildman–Crippen LogP) is 4.40. The number of carbonyl (C=O) groups excluding carboxylic acids is 1. The first-order valence-electron chi connectivity index (χ1n) is 9.12. The van der Waals surface area contributed by atoms with Crippen molar-refractivity contribution in [2.24, 2.45) is 0 Å². The van der Waals surface area contributed by atoms with E-state index in [4.69, 9.17) is 4.42 Å². The molecule has 0 saturated heterocycles. The first-order valence-corrected chi connectivity index (χ1v) is 9.12. The fraction of sp³-hybridized carbons (Fsp3) is 0.273. The summed E-state index contributed by atoms with van der Waals surface area (Å²) in [4.78, 5) is 20.4. The number of nitrogens with one attached hydrogen (secondary N) is 2. The number of hydrogen-bond acceptors (Lipinski definition) is 3. The number of oxazole rings is 1. The third-order valence-electron chi connectivity index (χ3n) is 5.01. The van der Waals surface area contributed by atoms with Gasteiger partial charge in [0.1, 0.15) is 5.52 Å². The maximum Gasteiger partial charge on any atom is 0.224 e. The van der Waals surface area contributed by atoms with Crippen molar-refractivity contribution >= 4 is 27.9 Å². The lowest BCUT2D eigenvalue weighted by molar-refractivity contribution is -0.120. The van der Waals surface area contributed by atoms with E-state index in [9.17, 15) is 4.79 Å². The van der Waals surface area contributed by atoms with Crippen LogP contribution in [0.25, 0.3) is 22.0 Å². The molecule has 5 nitrogen and oxygen atoms in total. The minimum Gasteiger partial charge on any atom is -0.439 e. The van der Waals surface area contributed by atoms with Gasteiger partial charge in [0.15, 0.2) is 5.58 Å². The molecule has 0 unspecified atom stereocenters. The molecule has 0 bridgehead atoms. The van der Waals surface area contributed by atoms with E-state index in [-0.39, 0.29) is 12.5 Å². The number of aromatic amines is 1. The van der Waals surface area contributed by atoms with Crippen molar-refractivity contribution in [1.29, 1.82) is 0 Å². The number of H-pyrrole nitrogens is 1. The highest BCUT2D eigenvalue weighted by Gasteiger charge is 2.15. The summed E-state index contributed by atoms with van der Waals surface area (Å²) < 4.78 is 5.73. The topological polar surface area (TPSA) is 70.9 Å². The fourth-order valence-electron chi connectivity index (χ4n) is 3.67. The Bertz CT molecular complexity index is 1170. The average molecular weight is 361 g/mol. The number of para-hydroxylation sites is 1. The molecule has 0 spiro atoms. The summed E-state index contributed by atoms with van der Waals surface area (Å²) in [5, 5.41) is 4.05. The average Bonchev–Trinajstić information content (AvgIpc) is 3.17. The van der Waals surface area contributed by atoms with Crippen LogP contribution in [0.4, 0.5) is 0 Å². The van der Waals surface area contributed by atoms with Crippen LogP contribution in [0.15, 0.2) is 34.7 Å². The standard InChI is InChI=1S/C22H23N3O2/c1-12-8-14(3)21-17(9-12)16(15(4)24-21)10-19(26)23-11-20-25-22-13(2)6-5-7-18(22)27-20/h5-9,24H,10-11H2,1-4H3,(H,23,26). The van der Waals surface area contributed by atoms with Crippen LogP contribution in [0, 0.1) is 27.7 Å². The summed E-state index contributed by atoms with van der Waals surface area (Å²) in [5.41, 5.74) is 8.24. The van der Waals surface area contributed by atoms with Crippen molar-refractivity contribution in [2.75, 3.05) is 0 Å². The number of aryl methyl sites for hydroxylation is 4. The van der Waals surface area contributed by atoms with Crippen molar-refractivity contribution in [3.05, 3.63) is 64.2 Å². The van der Waals surface area contributed by atoms with Gasteiger partial charge < -0.3 is 14.7 Å². The van der Waals surface area contributed by atoms with Crippen LogP contribution in [0.3, 0.4) is 0 Å². The Morgan fingerprint density at radius 3 is 2.74 bits per heavy atom. The first kappa shape index (κ1) is 17.3. The SMILES string of the molecule is Cc1cc(C)c2[nH]c(C)c(CC(=O)NCc3nc4c(C)cccc4o3)c2c1. The Hall–Kier alpha value is -3.08. The minimum atomic E-state index is -0.0443. The van der Waals surface area contributed by atoms with Gasteiger partial charge >= 0.3 is 0 Å². The highest BCUT2D eigenvalue weighted by molar-refractivity contribution is 5.92. The molecular formula is C22H23N3O2. The third-order valence-corrected chi connectivity index (χ3v) is 5.01. The number of carbonyl (C=O) groups is 1. The number of hydrogen-bond donors (Lipinski definition) is 2. The van der Waals surface area contributed by atoms with Crippen molar-refractivity contribution in [1.82, 2.24) is 15.3 Å². The van der Waals surface area contributed by atoms with Crippen LogP contribution in [0.5, 0.6) is 0 Å². The second kappa shape index (κ2) is 6.58. The van der Waals surface area contributed by atoms with Gasteiger partial charge in [-0.05, 0) is 56.5 Å². The lowest BCUT2D eigenvalue weighted by Gasteiger charge is -2.05. The Labute approximate surface area is 157 Å². The number of fused-ring (bicyclic) bond motifs is 2. The van der Waals surface area contributed by atoms with E-state index < -0.39 is 0 Å². The number of nitrogens with zero attached hydrogens (tertiary/aromatic N) is 1. The molecule has 4 rings (SSSR count). The second-order valence-corrected chi connectivity index (χ2v) is 7.22. The van der Waals surface area contributed by atoms with Gasteiger partial charge in [-0.3, -0.25) is 4.79 Å². The first-order chi connectivity index (χ1) is 12.9. The predicted molar refractivity (Wildman–Crippen MR) is 107 cm³/mol. The van der Waals surface area contributed by atoms with Crippen LogP contribution >= 0.6 is 0 Å². The van der Waals surface area contributed by atoms with Crippen molar-refractivity contribution in [3.63, 3.8) is 0 Å². The Balaban J connectivity index is 1.52. The second-order valence-electron chi connectivity index (χ2n) is 7.22. The molecule has 0 aliphatic heterocycles.